The number of likely N-dealkylation sites (tertiary alicyclic amines) is 1. The molecule has 4 N–H and O–H groups in total. The Kier molecular flexibility index (Phi) is 22.8. The Morgan fingerprint density at radius 2 is 1.65 bits per heavy atom. The third-order valence-corrected chi connectivity index (χ3v) is 6.66. The SMILES string of the molecule is C=C(NC(C)(C)C(=O)NS(C)(=O)=O)C1CC(OC)CN1C(=C)C(C)C(C)C.COCP(=O)(O)O.[W].[W].[W]. The molecule has 1 rings (SSSR count). The average Bonchev–Trinajstić information content (AvgIpc) is 3.09. The zero-order valence-corrected chi connectivity index (χ0v) is 33.2. The van der Waals surface area contributed by atoms with Gasteiger partial charge in [-0.25, -0.2) is 8.42 Å². The third-order valence-electron chi connectivity index (χ3n) is 5.51. The topological polar surface area (TPSA) is 154 Å². The molecule has 0 aromatic heterocycles. The van der Waals surface area contributed by atoms with Gasteiger partial charge in [0.1, 0.15) is 11.9 Å². The van der Waals surface area contributed by atoms with Crippen LogP contribution in [0.2, 0.25) is 0 Å². The Morgan fingerprint density at radius 3 is 1.97 bits per heavy atom. The van der Waals surface area contributed by atoms with Gasteiger partial charge in [-0.1, -0.05) is 33.9 Å². The van der Waals surface area contributed by atoms with E-state index in [0.29, 0.717) is 18.2 Å². The molecule has 1 aliphatic rings. The van der Waals surface area contributed by atoms with Crippen molar-refractivity contribution in [2.24, 2.45) is 11.8 Å². The number of nitrogens with one attached hydrogen (secondary N) is 2. The first-order chi connectivity index (χ1) is 15.3. The molecular weight excluding hydrogens is 1040 g/mol. The van der Waals surface area contributed by atoms with Gasteiger partial charge in [0.25, 0.3) is 5.91 Å². The fourth-order valence-corrected chi connectivity index (χ4v) is 4.20. The summed E-state index contributed by atoms with van der Waals surface area (Å²) in [6.07, 6.45) is 1.22. The molecule has 3 atom stereocenters. The Hall–Kier alpha value is 0.635. The second-order valence-electron chi connectivity index (χ2n) is 9.35. The summed E-state index contributed by atoms with van der Waals surface area (Å²) in [5, 5.41) is 3.11. The standard InChI is InChI=1S/C19H35N3O4S.C2H7O4P.3W/c1-12(2)13(3)15(5)22-11-16(26-8)10-17(22)14(4)20-19(6,7)18(23)21-27(9,24)25;1-6-2-7(3,4)5;;;/h12-13,16-17,20H,4-5,10-11H2,1-3,6-9H3,(H,21,23);2H2,1H3,(H2,3,4,5);;;. The molecule has 0 aliphatic carbocycles. The molecule has 1 aliphatic heterocycles. The molecule has 3 unspecified atom stereocenters. The Morgan fingerprint density at radius 1 is 1.16 bits per heavy atom. The fraction of sp³-hybridized carbons (Fsp3) is 0.762. The van der Waals surface area contributed by atoms with E-state index < -0.39 is 35.4 Å². The minimum absolute atomic E-state index is 0. The van der Waals surface area contributed by atoms with Crippen molar-refractivity contribution in [2.75, 3.05) is 33.4 Å². The van der Waals surface area contributed by atoms with Gasteiger partial charge in [0.05, 0.1) is 18.4 Å². The van der Waals surface area contributed by atoms with Crippen LogP contribution in [0.15, 0.2) is 24.6 Å². The number of nitrogens with zero attached hydrogens (tertiary/aromatic N) is 1. The van der Waals surface area contributed by atoms with Crippen molar-refractivity contribution in [1.82, 2.24) is 14.9 Å². The van der Waals surface area contributed by atoms with Gasteiger partial charge in [-0.3, -0.25) is 14.1 Å². The van der Waals surface area contributed by atoms with Gasteiger partial charge in [0.15, 0.2) is 0 Å². The number of hydrogen-bond acceptors (Lipinski definition) is 8. The Bertz CT molecular complexity index is 884. The molecule has 1 fully saturated rings. The molecule has 0 aromatic rings. The smallest absolute Gasteiger partial charge is 0.350 e. The number of hydrogen-bond donors (Lipinski definition) is 4. The van der Waals surface area contributed by atoms with Crippen LogP contribution in [0.25, 0.3) is 0 Å². The number of sulfonamides is 1. The van der Waals surface area contributed by atoms with Crippen molar-refractivity contribution in [3.63, 3.8) is 0 Å². The van der Waals surface area contributed by atoms with Gasteiger partial charge >= 0.3 is 7.60 Å². The summed E-state index contributed by atoms with van der Waals surface area (Å²) < 4.78 is 44.3. The van der Waals surface area contributed by atoms with Gasteiger partial charge in [-0.2, -0.15) is 0 Å². The molecule has 218 valence electrons. The molecule has 0 aromatic carbocycles. The van der Waals surface area contributed by atoms with Crippen molar-refractivity contribution in [2.45, 2.75) is 58.7 Å². The average molecular weight is 1080 g/mol. The summed E-state index contributed by atoms with van der Waals surface area (Å²) in [5.74, 6) is 0.101. The largest absolute Gasteiger partial charge is 0.380 e. The zero-order chi connectivity index (χ0) is 27.1. The van der Waals surface area contributed by atoms with Gasteiger partial charge in [0, 0.05) is 102 Å². The van der Waals surface area contributed by atoms with Crippen LogP contribution in [0.5, 0.6) is 0 Å². The summed E-state index contributed by atoms with van der Waals surface area (Å²) in [6.45, 7) is 18.8. The molecule has 0 saturated carbocycles. The normalized spacial score (nSPS) is 18.2. The van der Waals surface area contributed by atoms with Crippen LogP contribution in [0.1, 0.15) is 41.0 Å². The maximum absolute atomic E-state index is 12.3. The quantitative estimate of drug-likeness (QED) is 0.225. The first-order valence-corrected chi connectivity index (χ1v) is 14.5. The Balaban J connectivity index is -0.000000478. The second-order valence-corrected chi connectivity index (χ2v) is 12.7. The summed E-state index contributed by atoms with van der Waals surface area (Å²) in [6, 6.07) is -0.0889. The maximum atomic E-state index is 12.3. The molecule has 0 bridgehead atoms. The molecule has 0 radical (unpaired) electrons. The molecule has 1 saturated heterocycles. The third kappa shape index (κ3) is 17.1. The summed E-state index contributed by atoms with van der Waals surface area (Å²) >= 11 is 0. The van der Waals surface area contributed by atoms with Crippen LogP contribution >= 0.6 is 7.60 Å². The van der Waals surface area contributed by atoms with E-state index in [1.165, 1.54) is 7.11 Å². The number of ether oxygens (including phenoxy) is 2. The second kappa shape index (κ2) is 18.9. The van der Waals surface area contributed by atoms with E-state index in [-0.39, 0.29) is 81.3 Å². The van der Waals surface area contributed by atoms with E-state index >= 15 is 0 Å². The predicted molar refractivity (Wildman–Crippen MR) is 132 cm³/mol. The van der Waals surface area contributed by atoms with E-state index in [0.717, 1.165) is 18.4 Å². The molecule has 37 heavy (non-hydrogen) atoms. The number of rotatable bonds is 11. The molecule has 11 nitrogen and oxygen atoms in total. The first kappa shape index (κ1) is 44.6. The van der Waals surface area contributed by atoms with Crippen molar-refractivity contribution in [3.8, 4) is 0 Å². The van der Waals surface area contributed by atoms with Crippen molar-refractivity contribution >= 4 is 23.5 Å². The number of carbonyl (C=O) groups is 1. The van der Waals surface area contributed by atoms with Gasteiger partial charge < -0.3 is 29.5 Å². The van der Waals surface area contributed by atoms with Gasteiger partial charge in [-0.15, -0.1) is 0 Å². The Labute approximate surface area is 265 Å². The van der Waals surface area contributed by atoms with Crippen molar-refractivity contribution in [3.05, 3.63) is 24.6 Å². The minimum Gasteiger partial charge on any atom is -0.380 e. The minimum atomic E-state index is -3.89. The van der Waals surface area contributed by atoms with Crippen LogP contribution in [0, 0.1) is 11.8 Å². The molecule has 1 amide bonds. The van der Waals surface area contributed by atoms with Crippen LogP contribution in [0.4, 0.5) is 0 Å². The number of amides is 1. The molecular formula is C21H42N3O8PSW3. The van der Waals surface area contributed by atoms with Crippen LogP contribution in [-0.4, -0.2) is 80.1 Å². The van der Waals surface area contributed by atoms with Crippen LogP contribution in [-0.2, 0) is 92.1 Å². The van der Waals surface area contributed by atoms with E-state index in [1.807, 2.05) is 4.72 Å². The summed E-state index contributed by atoms with van der Waals surface area (Å²) in [7, 11) is -4.61. The number of allylic oxidation sites excluding steroid dienone is 1. The molecule has 1 heterocycles. The monoisotopic (exact) mass is 1080 g/mol. The summed E-state index contributed by atoms with van der Waals surface area (Å²) in [5.41, 5.74) is 0.512. The first-order valence-electron chi connectivity index (χ1n) is 10.8. The number of carbonyl (C=O) groups excluding carboxylic acids is 1. The van der Waals surface area contributed by atoms with Gasteiger partial charge in [0.2, 0.25) is 10.0 Å². The van der Waals surface area contributed by atoms with E-state index in [2.05, 4.69) is 48.9 Å². The van der Waals surface area contributed by atoms with E-state index in [4.69, 9.17) is 14.5 Å². The molecule has 16 heteroatoms. The van der Waals surface area contributed by atoms with Gasteiger partial charge in [-0.05, 0) is 25.7 Å². The molecule has 0 spiro atoms. The van der Waals surface area contributed by atoms with E-state index in [1.54, 1.807) is 21.0 Å². The van der Waals surface area contributed by atoms with Crippen LogP contribution in [0.3, 0.4) is 0 Å². The zero-order valence-electron chi connectivity index (χ0n) is 22.7. The maximum Gasteiger partial charge on any atom is 0.350 e. The van der Waals surface area contributed by atoms with Crippen molar-refractivity contribution < 1.29 is 100 Å². The predicted octanol–water partition coefficient (Wildman–Crippen LogP) is 1.60. The fourth-order valence-electron chi connectivity index (χ4n) is 3.27. The number of methoxy groups -OCH3 is 2. The van der Waals surface area contributed by atoms with Crippen LogP contribution < -0.4 is 10.0 Å². The van der Waals surface area contributed by atoms with E-state index in [9.17, 15) is 17.8 Å². The van der Waals surface area contributed by atoms with Crippen molar-refractivity contribution in [1.29, 1.82) is 0 Å². The summed E-state index contributed by atoms with van der Waals surface area (Å²) in [4.78, 5) is 30.5.